The highest BCUT2D eigenvalue weighted by Gasteiger charge is 2.16. The smallest absolute Gasteiger partial charge is 0.131 e. The number of aromatic nitrogens is 1. The zero-order valence-corrected chi connectivity index (χ0v) is 12.6. The van der Waals surface area contributed by atoms with Crippen molar-refractivity contribution in [2.24, 2.45) is 5.73 Å². The van der Waals surface area contributed by atoms with Crippen molar-refractivity contribution in [3.8, 4) is 0 Å². The quantitative estimate of drug-likeness (QED) is 0.937. The summed E-state index contributed by atoms with van der Waals surface area (Å²) in [5.74, 6) is 1.12. The molecule has 2 N–H and O–H groups in total. The van der Waals surface area contributed by atoms with Crippen molar-refractivity contribution in [3.05, 3.63) is 59.3 Å². The molecule has 0 saturated carbocycles. The Kier molecular flexibility index (Phi) is 4.20. The van der Waals surface area contributed by atoms with E-state index < -0.39 is 0 Å². The Morgan fingerprint density at radius 2 is 1.76 bits per heavy atom. The van der Waals surface area contributed by atoms with Crippen LogP contribution in [-0.4, -0.2) is 18.1 Å². The summed E-state index contributed by atoms with van der Waals surface area (Å²) in [6.45, 7) is 4.38. The summed E-state index contributed by atoms with van der Waals surface area (Å²) < 4.78 is 0. The Morgan fingerprint density at radius 1 is 1.05 bits per heavy atom. The van der Waals surface area contributed by atoms with Gasteiger partial charge in [0, 0.05) is 19.3 Å². The van der Waals surface area contributed by atoms with Gasteiger partial charge in [-0.3, -0.25) is 0 Å². The Hall–Kier alpha value is -1.87. The third-order valence-electron chi connectivity index (χ3n) is 4.25. The molecule has 3 heteroatoms. The van der Waals surface area contributed by atoms with E-state index in [1.165, 1.54) is 24.8 Å². The van der Waals surface area contributed by atoms with Gasteiger partial charge in [-0.2, -0.15) is 0 Å². The van der Waals surface area contributed by atoms with Gasteiger partial charge in [0.25, 0.3) is 0 Å². The molecular formula is C18H23N3. The summed E-state index contributed by atoms with van der Waals surface area (Å²) in [6, 6.07) is 12.3. The maximum atomic E-state index is 6.36. The van der Waals surface area contributed by atoms with Crippen molar-refractivity contribution >= 4 is 5.82 Å². The molecule has 0 bridgehead atoms. The van der Waals surface area contributed by atoms with Gasteiger partial charge >= 0.3 is 0 Å². The lowest BCUT2D eigenvalue weighted by Gasteiger charge is -2.29. The van der Waals surface area contributed by atoms with E-state index in [2.05, 4.69) is 30.0 Å². The number of nitrogens with two attached hydrogens (primary N) is 1. The van der Waals surface area contributed by atoms with Crippen molar-refractivity contribution in [3.63, 3.8) is 0 Å². The van der Waals surface area contributed by atoms with Gasteiger partial charge in [-0.1, -0.05) is 30.3 Å². The van der Waals surface area contributed by atoms with Crippen LogP contribution in [0.2, 0.25) is 0 Å². The number of anilines is 1. The molecule has 1 aromatic heterocycles. The lowest BCUT2D eigenvalue weighted by Crippen LogP contribution is -2.31. The second kappa shape index (κ2) is 6.27. The molecule has 21 heavy (non-hydrogen) atoms. The highest BCUT2D eigenvalue weighted by molar-refractivity contribution is 5.49. The van der Waals surface area contributed by atoms with Crippen LogP contribution in [0.4, 0.5) is 5.82 Å². The third kappa shape index (κ3) is 3.08. The summed E-state index contributed by atoms with van der Waals surface area (Å²) in [5.41, 5.74) is 9.79. The fourth-order valence-corrected chi connectivity index (χ4v) is 3.05. The Morgan fingerprint density at radius 3 is 2.43 bits per heavy atom. The SMILES string of the molecule is Cc1cc([C@@H](N)c2ccccc2)cnc1N1CCCCC1. The van der Waals surface area contributed by atoms with E-state index in [-0.39, 0.29) is 6.04 Å². The lowest BCUT2D eigenvalue weighted by molar-refractivity contribution is 0.572. The molecule has 0 aliphatic carbocycles. The molecule has 0 radical (unpaired) electrons. The largest absolute Gasteiger partial charge is 0.356 e. The maximum Gasteiger partial charge on any atom is 0.131 e. The van der Waals surface area contributed by atoms with Crippen molar-refractivity contribution in [1.29, 1.82) is 0 Å². The Bertz CT molecular complexity index is 589. The average Bonchev–Trinajstić information content (AvgIpc) is 2.55. The monoisotopic (exact) mass is 281 g/mol. The second-order valence-electron chi connectivity index (χ2n) is 5.85. The van der Waals surface area contributed by atoms with Gasteiger partial charge in [0.15, 0.2) is 0 Å². The zero-order chi connectivity index (χ0) is 14.7. The van der Waals surface area contributed by atoms with E-state index in [0.29, 0.717) is 0 Å². The molecule has 1 fully saturated rings. The first-order chi connectivity index (χ1) is 10.3. The predicted molar refractivity (Wildman–Crippen MR) is 87.5 cm³/mol. The minimum absolute atomic E-state index is 0.104. The van der Waals surface area contributed by atoms with Crippen LogP contribution in [0.1, 0.15) is 42.0 Å². The van der Waals surface area contributed by atoms with Gasteiger partial charge < -0.3 is 10.6 Å². The molecule has 1 saturated heterocycles. The Labute approximate surface area is 126 Å². The molecule has 2 aromatic rings. The normalized spacial score (nSPS) is 16.8. The highest BCUT2D eigenvalue weighted by atomic mass is 15.2. The van der Waals surface area contributed by atoms with E-state index in [4.69, 9.17) is 10.7 Å². The van der Waals surface area contributed by atoms with Crippen LogP contribution in [0.15, 0.2) is 42.6 Å². The first kappa shape index (κ1) is 14.1. The molecule has 110 valence electrons. The lowest BCUT2D eigenvalue weighted by atomic mass is 10.00. The molecule has 0 spiro atoms. The van der Waals surface area contributed by atoms with E-state index in [9.17, 15) is 0 Å². The van der Waals surface area contributed by atoms with Crippen LogP contribution in [0, 0.1) is 6.92 Å². The minimum atomic E-state index is -0.104. The fourth-order valence-electron chi connectivity index (χ4n) is 3.05. The summed E-state index contributed by atoms with van der Waals surface area (Å²) in [4.78, 5) is 7.09. The second-order valence-corrected chi connectivity index (χ2v) is 5.85. The molecule has 0 unspecified atom stereocenters. The van der Waals surface area contributed by atoms with Crippen LogP contribution in [0.5, 0.6) is 0 Å². The Balaban J connectivity index is 1.83. The first-order valence-electron chi connectivity index (χ1n) is 7.78. The molecule has 2 heterocycles. The number of piperidine rings is 1. The van der Waals surface area contributed by atoms with Crippen molar-refractivity contribution in [1.82, 2.24) is 4.98 Å². The number of hydrogen-bond acceptors (Lipinski definition) is 3. The number of benzene rings is 1. The van der Waals surface area contributed by atoms with Crippen LogP contribution >= 0.6 is 0 Å². The molecule has 1 aliphatic rings. The average molecular weight is 281 g/mol. The van der Waals surface area contributed by atoms with Crippen molar-refractivity contribution in [2.45, 2.75) is 32.2 Å². The molecule has 1 aromatic carbocycles. The fraction of sp³-hybridized carbons (Fsp3) is 0.389. The standard InChI is InChI=1S/C18H23N3/c1-14-12-16(17(19)15-8-4-2-5-9-15)13-20-18(14)21-10-6-3-7-11-21/h2,4-5,8-9,12-13,17H,3,6-7,10-11,19H2,1H3/t17-/m0/s1. The van der Waals surface area contributed by atoms with Crippen LogP contribution in [-0.2, 0) is 0 Å². The van der Waals surface area contributed by atoms with Gasteiger partial charge in [-0.15, -0.1) is 0 Å². The van der Waals surface area contributed by atoms with Gasteiger partial charge in [0.2, 0.25) is 0 Å². The topological polar surface area (TPSA) is 42.1 Å². The molecule has 3 nitrogen and oxygen atoms in total. The van der Waals surface area contributed by atoms with Gasteiger partial charge in [-0.05, 0) is 48.9 Å². The van der Waals surface area contributed by atoms with Gasteiger partial charge in [-0.25, -0.2) is 4.98 Å². The summed E-state index contributed by atoms with van der Waals surface area (Å²) in [5, 5.41) is 0. The zero-order valence-electron chi connectivity index (χ0n) is 12.6. The first-order valence-corrected chi connectivity index (χ1v) is 7.78. The van der Waals surface area contributed by atoms with Crippen LogP contribution in [0.25, 0.3) is 0 Å². The molecular weight excluding hydrogens is 258 g/mol. The molecule has 1 aliphatic heterocycles. The summed E-state index contributed by atoms with van der Waals surface area (Å²) in [6.07, 6.45) is 5.82. The van der Waals surface area contributed by atoms with E-state index in [1.54, 1.807) is 0 Å². The molecule has 0 amide bonds. The molecule has 1 atom stereocenters. The van der Waals surface area contributed by atoms with Gasteiger partial charge in [0.05, 0.1) is 6.04 Å². The van der Waals surface area contributed by atoms with E-state index >= 15 is 0 Å². The summed E-state index contributed by atoms with van der Waals surface area (Å²) >= 11 is 0. The van der Waals surface area contributed by atoms with Gasteiger partial charge in [0.1, 0.15) is 5.82 Å². The van der Waals surface area contributed by atoms with Crippen LogP contribution in [0.3, 0.4) is 0 Å². The predicted octanol–water partition coefficient (Wildman–Crippen LogP) is 3.43. The number of rotatable bonds is 3. The highest BCUT2D eigenvalue weighted by Crippen LogP contribution is 2.25. The number of nitrogens with zero attached hydrogens (tertiary/aromatic N) is 2. The maximum absolute atomic E-state index is 6.36. The number of hydrogen-bond donors (Lipinski definition) is 1. The molecule has 3 rings (SSSR count). The van der Waals surface area contributed by atoms with Crippen molar-refractivity contribution < 1.29 is 0 Å². The van der Waals surface area contributed by atoms with Crippen LogP contribution < -0.4 is 10.6 Å². The van der Waals surface area contributed by atoms with E-state index in [0.717, 1.165) is 30.0 Å². The van der Waals surface area contributed by atoms with Crippen molar-refractivity contribution in [2.75, 3.05) is 18.0 Å². The third-order valence-corrected chi connectivity index (χ3v) is 4.25. The number of pyridine rings is 1. The number of aryl methyl sites for hydroxylation is 1. The summed E-state index contributed by atoms with van der Waals surface area (Å²) in [7, 11) is 0. The minimum Gasteiger partial charge on any atom is -0.356 e. The van der Waals surface area contributed by atoms with E-state index in [1.807, 2.05) is 24.4 Å².